The summed E-state index contributed by atoms with van der Waals surface area (Å²) in [5.41, 5.74) is 2.78. The number of urea groups is 1. The molecule has 0 saturated carbocycles. The zero-order valence-electron chi connectivity index (χ0n) is 27.8. The van der Waals surface area contributed by atoms with Crippen LogP contribution < -0.4 is 10.6 Å². The second kappa shape index (κ2) is 14.0. The smallest absolute Gasteiger partial charge is 0.407 e. The topological polar surface area (TPSA) is 107 Å². The highest BCUT2D eigenvalue weighted by Gasteiger charge is 2.69. The molecule has 6 atom stereocenters. The van der Waals surface area contributed by atoms with E-state index < -0.39 is 17.8 Å². The molecule has 1 spiro atoms. The van der Waals surface area contributed by atoms with Crippen molar-refractivity contribution in [2.24, 2.45) is 0 Å². The lowest BCUT2D eigenvalue weighted by atomic mass is 9.68. The minimum absolute atomic E-state index is 0.0357. The number of likely N-dealkylation sites (N-methyl/N-ethyl adjacent to an activating group) is 1. The van der Waals surface area contributed by atoms with Crippen molar-refractivity contribution in [3.8, 4) is 0 Å². The molecule has 2 aromatic rings. The lowest BCUT2D eigenvalue weighted by Crippen LogP contribution is -2.88. The summed E-state index contributed by atoms with van der Waals surface area (Å²) in [6.07, 6.45) is 11.7. The maximum absolute atomic E-state index is 14.2. The van der Waals surface area contributed by atoms with Crippen molar-refractivity contribution in [2.75, 3.05) is 39.8 Å². The molecule has 5 heterocycles. The first-order valence-corrected chi connectivity index (χ1v) is 17.1. The van der Waals surface area contributed by atoms with Crippen molar-refractivity contribution in [1.82, 2.24) is 30.5 Å². The number of benzene rings is 2. The van der Waals surface area contributed by atoms with Gasteiger partial charge in [0.05, 0.1) is 12.6 Å². The van der Waals surface area contributed by atoms with E-state index in [4.69, 9.17) is 9.47 Å². The number of carbonyl (C=O) groups is 3. The lowest BCUT2D eigenvalue weighted by molar-refractivity contribution is -0.285. The van der Waals surface area contributed by atoms with E-state index in [1.165, 1.54) is 17.2 Å². The fourth-order valence-corrected chi connectivity index (χ4v) is 8.30. The number of amides is 4. The van der Waals surface area contributed by atoms with Gasteiger partial charge in [-0.1, -0.05) is 97.6 Å². The normalized spacial score (nSPS) is 30.2. The van der Waals surface area contributed by atoms with Gasteiger partial charge in [0.1, 0.15) is 30.5 Å². The summed E-state index contributed by atoms with van der Waals surface area (Å²) in [6, 6.07) is 19.7. The number of ether oxygens (including phenoxy) is 2. The van der Waals surface area contributed by atoms with Crippen molar-refractivity contribution >= 4 is 18.0 Å². The Labute approximate surface area is 287 Å². The van der Waals surface area contributed by atoms with Crippen molar-refractivity contribution in [2.45, 2.75) is 55.3 Å². The standard InChI is InChI=1S/C38H44N6O5/c1-3-21-48-37(47)39-20-12-18-31-38-32-19-11-10-17-29(22-33(38)49-32)30(28-15-8-5-9-16-28)24-42(38)25-34-43(31)35(45)26-41(2)44(34)36(46)40-23-27-13-6-4-7-14-27/h3-11,13-17,19,22,30-34H,1,12,18,20-21,23-26H2,2H3,(H,39,47)(H,40,46)/b17-10-,19-11-/t30?,31-,32?,33?,34-,38?/m0/s1. The van der Waals surface area contributed by atoms with Gasteiger partial charge in [0, 0.05) is 39.1 Å². The average molecular weight is 665 g/mol. The van der Waals surface area contributed by atoms with E-state index >= 15 is 0 Å². The molecule has 5 aliphatic rings. The Kier molecular flexibility index (Phi) is 9.40. The van der Waals surface area contributed by atoms with Crippen LogP contribution in [0, 0.1) is 0 Å². The lowest BCUT2D eigenvalue weighted by Gasteiger charge is -2.69. The Balaban J connectivity index is 1.25. The number of hydrogen-bond donors (Lipinski definition) is 2. The molecule has 3 saturated heterocycles. The van der Waals surface area contributed by atoms with E-state index in [0.29, 0.717) is 39.0 Å². The molecule has 11 nitrogen and oxygen atoms in total. The van der Waals surface area contributed by atoms with Gasteiger partial charge in [-0.3, -0.25) is 9.69 Å². The van der Waals surface area contributed by atoms with Crippen molar-refractivity contribution in [3.63, 3.8) is 0 Å². The molecular formula is C38H44N6O5. The predicted octanol–water partition coefficient (Wildman–Crippen LogP) is 3.95. The van der Waals surface area contributed by atoms with Crippen LogP contribution in [-0.2, 0) is 20.8 Å². The Hall–Kier alpha value is -4.71. The monoisotopic (exact) mass is 664 g/mol. The number of rotatable bonds is 9. The number of hydrazine groups is 1. The summed E-state index contributed by atoms with van der Waals surface area (Å²) < 4.78 is 11.8. The maximum atomic E-state index is 14.2. The SMILES string of the molecule is C=CCOC(=O)NCCC[C@@H]1N2C(=O)CN(C)N(C(=O)NCc3ccccc3)[C@H]2CN2CC(c3ccccc3)C3=CC4OC(/C=C\C=C/3)C412. The highest BCUT2D eigenvalue weighted by atomic mass is 16.5. The number of carbonyl (C=O) groups excluding carboxylic acids is 3. The highest BCUT2D eigenvalue weighted by Crippen LogP contribution is 2.53. The van der Waals surface area contributed by atoms with Crippen LogP contribution in [0.4, 0.5) is 9.59 Å². The van der Waals surface area contributed by atoms with Gasteiger partial charge in [0.15, 0.2) is 0 Å². The fraction of sp³-hybridized carbons (Fsp3) is 0.395. The van der Waals surface area contributed by atoms with Gasteiger partial charge >= 0.3 is 12.1 Å². The fourth-order valence-electron chi connectivity index (χ4n) is 8.30. The van der Waals surface area contributed by atoms with Gasteiger partial charge < -0.3 is 25.0 Å². The molecule has 0 radical (unpaired) electrons. The summed E-state index contributed by atoms with van der Waals surface area (Å²) in [5, 5.41) is 9.40. The Bertz CT molecular complexity index is 1650. The van der Waals surface area contributed by atoms with Crippen molar-refractivity contribution in [3.05, 3.63) is 120 Å². The molecule has 256 valence electrons. The van der Waals surface area contributed by atoms with Crippen LogP contribution in [0.1, 0.15) is 29.9 Å². The molecule has 4 unspecified atom stereocenters. The van der Waals surface area contributed by atoms with E-state index in [1.807, 2.05) is 47.4 Å². The van der Waals surface area contributed by atoms with Crippen LogP contribution in [0.5, 0.6) is 0 Å². The third-order valence-corrected chi connectivity index (χ3v) is 10.4. The van der Waals surface area contributed by atoms with Crippen molar-refractivity contribution in [1.29, 1.82) is 0 Å². The summed E-state index contributed by atoms with van der Waals surface area (Å²) in [6.45, 7) is 5.68. The van der Waals surface area contributed by atoms with E-state index in [2.05, 4.69) is 70.7 Å². The number of allylic oxidation sites excluding steroid dienone is 3. The second-order valence-corrected chi connectivity index (χ2v) is 13.2. The molecule has 49 heavy (non-hydrogen) atoms. The van der Waals surface area contributed by atoms with Gasteiger partial charge in [0.25, 0.3) is 0 Å². The van der Waals surface area contributed by atoms with Crippen molar-refractivity contribution < 1.29 is 23.9 Å². The molecule has 5 aliphatic heterocycles. The molecule has 7 rings (SSSR count). The number of nitrogens with one attached hydrogen (secondary N) is 2. The average Bonchev–Trinajstić information content (AvgIpc) is 3.19. The summed E-state index contributed by atoms with van der Waals surface area (Å²) in [7, 11) is 1.80. The minimum Gasteiger partial charge on any atom is -0.445 e. The molecule has 0 aliphatic carbocycles. The molecule has 11 heteroatoms. The molecule has 2 aromatic carbocycles. The molecule has 0 aromatic heterocycles. The Morgan fingerprint density at radius 2 is 1.82 bits per heavy atom. The van der Waals surface area contributed by atoms with E-state index in [1.54, 1.807) is 17.1 Å². The molecular weight excluding hydrogens is 620 g/mol. The summed E-state index contributed by atoms with van der Waals surface area (Å²) in [5.74, 6) is 0.0213. The highest BCUT2D eigenvalue weighted by molar-refractivity contribution is 5.83. The summed E-state index contributed by atoms with van der Waals surface area (Å²) in [4.78, 5) is 45.0. The third-order valence-electron chi connectivity index (χ3n) is 10.4. The van der Waals surface area contributed by atoms with Gasteiger partial charge in [-0.15, -0.1) is 0 Å². The van der Waals surface area contributed by atoms with Gasteiger partial charge in [-0.25, -0.2) is 19.6 Å². The molecule has 2 N–H and O–H groups in total. The minimum atomic E-state index is -0.574. The Morgan fingerprint density at radius 1 is 1.04 bits per heavy atom. The largest absolute Gasteiger partial charge is 0.445 e. The zero-order chi connectivity index (χ0) is 34.0. The number of alkyl carbamates (subject to hydrolysis) is 1. The predicted molar refractivity (Wildman–Crippen MR) is 185 cm³/mol. The zero-order valence-corrected chi connectivity index (χ0v) is 27.8. The van der Waals surface area contributed by atoms with Gasteiger partial charge in [-0.05, 0) is 35.6 Å². The van der Waals surface area contributed by atoms with Crippen LogP contribution in [0.15, 0.2) is 109 Å². The van der Waals surface area contributed by atoms with Gasteiger partial charge in [0.2, 0.25) is 5.91 Å². The van der Waals surface area contributed by atoms with E-state index in [0.717, 1.165) is 5.56 Å². The number of nitrogens with zero attached hydrogens (tertiary/aromatic N) is 4. The van der Waals surface area contributed by atoms with E-state index in [9.17, 15) is 14.4 Å². The first-order valence-electron chi connectivity index (χ1n) is 17.1. The number of piperazine rings is 1. The van der Waals surface area contributed by atoms with Crippen LogP contribution in [-0.4, -0.2) is 108 Å². The van der Waals surface area contributed by atoms with Crippen LogP contribution in [0.3, 0.4) is 0 Å². The van der Waals surface area contributed by atoms with Crippen LogP contribution in [0.2, 0.25) is 0 Å². The van der Waals surface area contributed by atoms with E-state index in [-0.39, 0.29) is 49.3 Å². The van der Waals surface area contributed by atoms with Crippen LogP contribution >= 0.6 is 0 Å². The number of fused-ring (bicyclic) bond motifs is 2. The Morgan fingerprint density at radius 3 is 2.59 bits per heavy atom. The first kappa shape index (κ1) is 32.8. The van der Waals surface area contributed by atoms with Crippen LogP contribution in [0.25, 0.3) is 0 Å². The van der Waals surface area contributed by atoms with Gasteiger partial charge in [-0.2, -0.15) is 0 Å². The summed E-state index contributed by atoms with van der Waals surface area (Å²) >= 11 is 0. The number of hydrogen-bond acceptors (Lipinski definition) is 7. The third kappa shape index (κ3) is 6.07. The quantitative estimate of drug-likeness (QED) is 0.309. The molecule has 3 fully saturated rings. The second-order valence-electron chi connectivity index (χ2n) is 13.2. The molecule has 3 bridgehead atoms. The molecule has 4 amide bonds. The maximum Gasteiger partial charge on any atom is 0.407 e. The first-order chi connectivity index (χ1) is 23.9.